The Morgan fingerprint density at radius 1 is 1.10 bits per heavy atom. The molecule has 1 saturated heterocycles. The van der Waals surface area contributed by atoms with E-state index < -0.39 is 0 Å². The number of carbonyl (C=O) groups excluding carboxylic acids is 1. The summed E-state index contributed by atoms with van der Waals surface area (Å²) >= 11 is 0. The number of esters is 1. The molecule has 0 amide bonds. The maximum absolute atomic E-state index is 12.4. The summed E-state index contributed by atoms with van der Waals surface area (Å²) < 4.78 is 16.2. The van der Waals surface area contributed by atoms with Crippen LogP contribution in [0.15, 0.2) is 42.5 Å². The largest absolute Gasteiger partial charge is 0.465 e. The number of carbonyl (C=O) groups is 1. The molecule has 2 aromatic rings. The third kappa shape index (κ3) is 5.91. The quantitative estimate of drug-likeness (QED) is 0.525. The third-order valence-electron chi connectivity index (χ3n) is 5.53. The molecule has 1 aliphatic rings. The summed E-state index contributed by atoms with van der Waals surface area (Å²) in [4.78, 5) is 14.8. The molecule has 2 aromatic carbocycles. The van der Waals surface area contributed by atoms with E-state index in [2.05, 4.69) is 36.9 Å². The normalized spacial score (nSPS) is 14.4. The van der Waals surface area contributed by atoms with E-state index in [1.54, 1.807) is 0 Å². The summed E-state index contributed by atoms with van der Waals surface area (Å²) in [6.45, 7) is 8.43. The number of methoxy groups -OCH3 is 1. The minimum Gasteiger partial charge on any atom is -0.465 e. The van der Waals surface area contributed by atoms with Crippen LogP contribution in [0, 0.1) is 6.92 Å². The lowest BCUT2D eigenvalue weighted by Gasteiger charge is -2.24. The number of nitrogens with zero attached hydrogens (tertiary/aromatic N) is 1. The van der Waals surface area contributed by atoms with E-state index in [0.717, 1.165) is 55.6 Å². The van der Waals surface area contributed by atoms with E-state index in [-0.39, 0.29) is 12.3 Å². The van der Waals surface area contributed by atoms with Gasteiger partial charge in [-0.05, 0) is 54.3 Å². The van der Waals surface area contributed by atoms with Crippen molar-refractivity contribution >= 4 is 5.97 Å². The summed E-state index contributed by atoms with van der Waals surface area (Å²) in [5, 5.41) is 0. The van der Waals surface area contributed by atoms with Crippen LogP contribution in [-0.4, -0.2) is 50.6 Å². The molecule has 0 spiro atoms. The molecule has 0 aliphatic carbocycles. The van der Waals surface area contributed by atoms with Crippen molar-refractivity contribution in [2.45, 2.75) is 45.9 Å². The zero-order valence-corrected chi connectivity index (χ0v) is 18.4. The minimum absolute atomic E-state index is 0.0849. The molecule has 0 aromatic heterocycles. The highest BCUT2D eigenvalue weighted by Crippen LogP contribution is 2.29. The molecule has 5 heteroatoms. The molecule has 0 atom stereocenters. The van der Waals surface area contributed by atoms with Gasteiger partial charge in [0.2, 0.25) is 0 Å². The summed E-state index contributed by atoms with van der Waals surface area (Å²) in [5.41, 5.74) is 4.91. The molecule has 0 N–H and O–H groups in total. The summed E-state index contributed by atoms with van der Waals surface area (Å²) in [6, 6.07) is 14.2. The molecule has 0 radical (unpaired) electrons. The lowest BCUT2D eigenvalue weighted by atomic mass is 9.94. The van der Waals surface area contributed by atoms with Gasteiger partial charge in [0.15, 0.2) is 6.29 Å². The molecule has 0 bridgehead atoms. The van der Waals surface area contributed by atoms with Crippen molar-refractivity contribution in [1.29, 1.82) is 0 Å². The highest BCUT2D eigenvalue weighted by molar-refractivity contribution is 5.97. The Hall–Kier alpha value is -2.21. The van der Waals surface area contributed by atoms with Gasteiger partial charge in [-0.25, -0.2) is 4.79 Å². The second kappa shape index (κ2) is 11.3. The number of rotatable bonds is 10. The number of ether oxygens (including phenoxy) is 3. The first-order valence-electron chi connectivity index (χ1n) is 10.8. The van der Waals surface area contributed by atoms with E-state index in [1.807, 2.05) is 24.3 Å². The lowest BCUT2D eigenvalue weighted by molar-refractivity contribution is -0.0519. The van der Waals surface area contributed by atoms with Crippen LogP contribution in [0.5, 0.6) is 0 Å². The Morgan fingerprint density at radius 3 is 2.57 bits per heavy atom. The average Bonchev–Trinajstić information content (AvgIpc) is 3.29. The van der Waals surface area contributed by atoms with Gasteiger partial charge in [0.1, 0.15) is 0 Å². The highest BCUT2D eigenvalue weighted by Gasteiger charge is 2.19. The number of aryl methyl sites for hydroxylation is 1. The van der Waals surface area contributed by atoms with Crippen LogP contribution < -0.4 is 0 Å². The summed E-state index contributed by atoms with van der Waals surface area (Å²) in [5.74, 6) is -0.307. The Morgan fingerprint density at radius 2 is 1.87 bits per heavy atom. The van der Waals surface area contributed by atoms with Crippen LogP contribution in [0.4, 0.5) is 0 Å². The fourth-order valence-corrected chi connectivity index (χ4v) is 3.85. The van der Waals surface area contributed by atoms with Crippen molar-refractivity contribution in [3.8, 4) is 11.1 Å². The molecular weight excluding hydrogens is 378 g/mol. The SMILES string of the molecule is CCCCN(CCC1OCCO1)Cc1ccc(C(=O)OC)c(-c2ccccc2C)c1. The van der Waals surface area contributed by atoms with Crippen LogP contribution >= 0.6 is 0 Å². The van der Waals surface area contributed by atoms with Gasteiger partial charge in [-0.15, -0.1) is 0 Å². The van der Waals surface area contributed by atoms with E-state index in [4.69, 9.17) is 14.2 Å². The predicted molar refractivity (Wildman–Crippen MR) is 118 cm³/mol. The van der Waals surface area contributed by atoms with Crippen molar-refractivity contribution < 1.29 is 19.0 Å². The van der Waals surface area contributed by atoms with Gasteiger partial charge in [0, 0.05) is 19.5 Å². The molecule has 5 nitrogen and oxygen atoms in total. The topological polar surface area (TPSA) is 48.0 Å². The molecule has 0 saturated carbocycles. The van der Waals surface area contributed by atoms with Crippen LogP contribution in [0.3, 0.4) is 0 Å². The van der Waals surface area contributed by atoms with Crippen molar-refractivity contribution in [3.63, 3.8) is 0 Å². The van der Waals surface area contributed by atoms with Crippen molar-refractivity contribution in [2.24, 2.45) is 0 Å². The molecule has 0 unspecified atom stereocenters. The van der Waals surface area contributed by atoms with E-state index in [1.165, 1.54) is 12.7 Å². The number of unbranched alkanes of at least 4 members (excludes halogenated alkanes) is 1. The number of hydrogen-bond acceptors (Lipinski definition) is 5. The molecule has 1 aliphatic heterocycles. The van der Waals surface area contributed by atoms with Gasteiger partial charge in [-0.1, -0.05) is 43.7 Å². The van der Waals surface area contributed by atoms with Crippen molar-refractivity contribution in [3.05, 3.63) is 59.2 Å². The van der Waals surface area contributed by atoms with Gasteiger partial charge < -0.3 is 14.2 Å². The van der Waals surface area contributed by atoms with E-state index in [9.17, 15) is 4.79 Å². The van der Waals surface area contributed by atoms with Crippen molar-refractivity contribution in [2.75, 3.05) is 33.4 Å². The van der Waals surface area contributed by atoms with E-state index in [0.29, 0.717) is 18.8 Å². The lowest BCUT2D eigenvalue weighted by Crippen LogP contribution is -2.28. The average molecular weight is 412 g/mol. The number of benzene rings is 2. The van der Waals surface area contributed by atoms with Crippen LogP contribution in [0.2, 0.25) is 0 Å². The first kappa shape index (κ1) is 22.5. The Labute approximate surface area is 179 Å². The van der Waals surface area contributed by atoms with Gasteiger partial charge in [-0.3, -0.25) is 4.90 Å². The third-order valence-corrected chi connectivity index (χ3v) is 5.53. The molecule has 162 valence electrons. The van der Waals surface area contributed by atoms with Gasteiger partial charge in [0.05, 0.1) is 25.9 Å². The van der Waals surface area contributed by atoms with E-state index >= 15 is 0 Å². The Bertz CT molecular complexity index is 830. The predicted octanol–water partition coefficient (Wildman–Crippen LogP) is 4.81. The van der Waals surface area contributed by atoms with Crippen LogP contribution in [0.1, 0.15) is 47.7 Å². The van der Waals surface area contributed by atoms with Crippen LogP contribution in [-0.2, 0) is 20.8 Å². The fourth-order valence-electron chi connectivity index (χ4n) is 3.85. The molecule has 3 rings (SSSR count). The van der Waals surface area contributed by atoms with Crippen LogP contribution in [0.25, 0.3) is 11.1 Å². The molecule has 30 heavy (non-hydrogen) atoms. The maximum atomic E-state index is 12.4. The zero-order chi connectivity index (χ0) is 21.3. The first-order valence-corrected chi connectivity index (χ1v) is 10.8. The smallest absolute Gasteiger partial charge is 0.338 e. The maximum Gasteiger partial charge on any atom is 0.338 e. The molecular formula is C25H33NO4. The first-order chi connectivity index (χ1) is 14.6. The standard InChI is InChI=1S/C25H33NO4/c1-4-5-13-26(14-12-24-29-15-16-30-24)18-20-10-11-22(25(27)28-3)23(17-20)21-9-7-6-8-19(21)2/h6-11,17,24H,4-5,12-16,18H2,1-3H3. The Balaban J connectivity index is 1.83. The monoisotopic (exact) mass is 411 g/mol. The second-order valence-electron chi connectivity index (χ2n) is 7.78. The van der Waals surface area contributed by atoms with Crippen molar-refractivity contribution in [1.82, 2.24) is 4.90 Å². The highest BCUT2D eigenvalue weighted by atomic mass is 16.7. The fraction of sp³-hybridized carbons (Fsp3) is 0.480. The van der Waals surface area contributed by atoms with Gasteiger partial charge >= 0.3 is 5.97 Å². The Kier molecular flexibility index (Phi) is 8.43. The minimum atomic E-state index is -0.307. The second-order valence-corrected chi connectivity index (χ2v) is 7.78. The van der Waals surface area contributed by atoms with Gasteiger partial charge in [0.25, 0.3) is 0 Å². The van der Waals surface area contributed by atoms with Gasteiger partial charge in [-0.2, -0.15) is 0 Å². The molecule has 1 heterocycles. The molecule has 1 fully saturated rings. The summed E-state index contributed by atoms with van der Waals surface area (Å²) in [7, 11) is 1.43. The number of hydrogen-bond donors (Lipinski definition) is 0. The summed E-state index contributed by atoms with van der Waals surface area (Å²) in [6.07, 6.45) is 3.09. The zero-order valence-electron chi connectivity index (χ0n) is 18.4.